The highest BCUT2D eigenvalue weighted by Gasteiger charge is 2.27. The maximum absolute atomic E-state index is 13.2. The molecule has 3 rings (SSSR count). The van der Waals surface area contributed by atoms with Crippen molar-refractivity contribution in [2.45, 2.75) is 16.3 Å². The van der Waals surface area contributed by atoms with E-state index in [0.29, 0.717) is 10.7 Å². The van der Waals surface area contributed by atoms with E-state index in [1.807, 2.05) is 54.8 Å². The van der Waals surface area contributed by atoms with E-state index < -0.39 is 15.9 Å². The number of benzene rings is 3. The van der Waals surface area contributed by atoms with E-state index >= 15 is 0 Å². The number of carbonyl (C=O) groups excluding carboxylic acids is 1. The number of nitrogens with one attached hydrogen (secondary N) is 1. The zero-order chi connectivity index (χ0) is 21.6. The predicted octanol–water partition coefficient (Wildman–Crippen LogP) is 4.89. The fourth-order valence-corrected chi connectivity index (χ4v) is 4.80. The summed E-state index contributed by atoms with van der Waals surface area (Å²) in [5, 5.41) is 3.23. The van der Waals surface area contributed by atoms with Gasteiger partial charge in [0.2, 0.25) is 15.9 Å². The number of hydrogen-bond acceptors (Lipinski definition) is 4. The number of hydrogen-bond donors (Lipinski definition) is 1. The summed E-state index contributed by atoms with van der Waals surface area (Å²) >= 11 is 7.46. The molecular formula is C22H21ClN2O3S2. The van der Waals surface area contributed by atoms with Gasteiger partial charge in [0.05, 0.1) is 11.4 Å². The van der Waals surface area contributed by atoms with Crippen LogP contribution in [-0.4, -0.2) is 31.4 Å². The Balaban J connectivity index is 1.85. The second kappa shape index (κ2) is 10.1. The van der Waals surface area contributed by atoms with Gasteiger partial charge in [-0.15, -0.1) is 11.8 Å². The zero-order valence-corrected chi connectivity index (χ0v) is 18.7. The maximum atomic E-state index is 13.2. The van der Waals surface area contributed by atoms with Crippen LogP contribution in [0.3, 0.4) is 0 Å². The van der Waals surface area contributed by atoms with Gasteiger partial charge in [-0.2, -0.15) is 4.31 Å². The molecule has 0 saturated heterocycles. The van der Waals surface area contributed by atoms with E-state index in [2.05, 4.69) is 5.32 Å². The second-order valence-electron chi connectivity index (χ2n) is 6.49. The monoisotopic (exact) mass is 460 g/mol. The predicted molar refractivity (Wildman–Crippen MR) is 122 cm³/mol. The highest BCUT2D eigenvalue weighted by Crippen LogP contribution is 2.22. The van der Waals surface area contributed by atoms with Crippen molar-refractivity contribution < 1.29 is 13.2 Å². The summed E-state index contributed by atoms with van der Waals surface area (Å²) in [6, 6.07) is 22.5. The largest absolute Gasteiger partial charge is 0.325 e. The number of rotatable bonds is 8. The third-order valence-electron chi connectivity index (χ3n) is 4.33. The Bertz CT molecular complexity index is 1100. The van der Waals surface area contributed by atoms with Crippen LogP contribution < -0.4 is 5.32 Å². The lowest BCUT2D eigenvalue weighted by Crippen LogP contribution is -2.37. The van der Waals surface area contributed by atoms with E-state index in [1.54, 1.807) is 17.8 Å². The summed E-state index contributed by atoms with van der Waals surface area (Å²) in [5.74, 6) is -0.415. The van der Waals surface area contributed by atoms with Crippen LogP contribution in [0.2, 0.25) is 5.02 Å². The summed E-state index contributed by atoms with van der Waals surface area (Å²) < 4.78 is 27.6. The van der Waals surface area contributed by atoms with Crippen LogP contribution in [-0.2, 0) is 21.4 Å². The summed E-state index contributed by atoms with van der Waals surface area (Å²) in [6.45, 7) is -0.243. The minimum Gasteiger partial charge on any atom is -0.325 e. The minimum absolute atomic E-state index is 0.0735. The Morgan fingerprint density at radius 3 is 2.37 bits per heavy atom. The lowest BCUT2D eigenvalue weighted by atomic mass is 10.2. The van der Waals surface area contributed by atoms with E-state index in [9.17, 15) is 13.2 Å². The molecule has 0 aliphatic carbocycles. The van der Waals surface area contributed by atoms with Gasteiger partial charge in [-0.3, -0.25) is 4.79 Å². The van der Waals surface area contributed by atoms with Gasteiger partial charge >= 0.3 is 0 Å². The molecule has 5 nitrogen and oxygen atoms in total. The van der Waals surface area contributed by atoms with Gasteiger partial charge in [0.15, 0.2) is 0 Å². The average Bonchev–Trinajstić information content (AvgIpc) is 2.74. The molecule has 0 atom stereocenters. The SMILES string of the molecule is CSc1cccc(NC(=O)CN(Cc2ccccc2)S(=O)(=O)c2ccc(Cl)cc2)c1. The Morgan fingerprint density at radius 1 is 1.00 bits per heavy atom. The molecule has 156 valence electrons. The number of halogens is 1. The molecule has 0 heterocycles. The molecule has 0 radical (unpaired) electrons. The second-order valence-corrected chi connectivity index (χ2v) is 9.75. The number of amides is 1. The highest BCUT2D eigenvalue weighted by molar-refractivity contribution is 7.98. The zero-order valence-electron chi connectivity index (χ0n) is 16.3. The number of carbonyl (C=O) groups is 1. The molecule has 0 aliphatic heterocycles. The molecule has 0 unspecified atom stereocenters. The number of nitrogens with zero attached hydrogens (tertiary/aromatic N) is 1. The number of thioether (sulfide) groups is 1. The van der Waals surface area contributed by atoms with Crippen molar-refractivity contribution in [2.24, 2.45) is 0 Å². The first-order valence-electron chi connectivity index (χ1n) is 9.12. The lowest BCUT2D eigenvalue weighted by molar-refractivity contribution is -0.116. The summed E-state index contributed by atoms with van der Waals surface area (Å²) in [4.78, 5) is 13.8. The Hall–Kier alpha value is -2.32. The van der Waals surface area contributed by atoms with Crippen molar-refractivity contribution in [3.63, 3.8) is 0 Å². The molecule has 3 aromatic carbocycles. The molecule has 0 spiro atoms. The van der Waals surface area contributed by atoms with Gasteiger partial charge in [-0.1, -0.05) is 48.0 Å². The van der Waals surface area contributed by atoms with Crippen molar-refractivity contribution >= 4 is 45.0 Å². The Morgan fingerprint density at radius 2 is 1.70 bits per heavy atom. The van der Waals surface area contributed by atoms with Crippen LogP contribution in [0.4, 0.5) is 5.69 Å². The summed E-state index contributed by atoms with van der Waals surface area (Å²) in [5.41, 5.74) is 1.41. The van der Waals surface area contributed by atoms with E-state index in [1.165, 1.54) is 28.6 Å². The van der Waals surface area contributed by atoms with Crippen LogP contribution >= 0.6 is 23.4 Å². The Labute approximate surface area is 186 Å². The van der Waals surface area contributed by atoms with Crippen molar-refractivity contribution in [1.29, 1.82) is 0 Å². The molecular weight excluding hydrogens is 440 g/mol. The Kier molecular flexibility index (Phi) is 7.55. The molecule has 0 bridgehead atoms. The molecule has 3 aromatic rings. The van der Waals surface area contributed by atoms with Crippen LogP contribution in [0, 0.1) is 0 Å². The van der Waals surface area contributed by atoms with Gasteiger partial charge in [-0.05, 0) is 54.3 Å². The topological polar surface area (TPSA) is 66.5 Å². The molecule has 1 amide bonds. The van der Waals surface area contributed by atoms with Crippen molar-refractivity contribution in [3.8, 4) is 0 Å². The van der Waals surface area contributed by atoms with Gasteiger partial charge in [0, 0.05) is 22.2 Å². The quantitative estimate of drug-likeness (QED) is 0.486. The minimum atomic E-state index is -3.91. The van der Waals surface area contributed by atoms with Crippen molar-refractivity contribution in [2.75, 3.05) is 18.1 Å². The lowest BCUT2D eigenvalue weighted by Gasteiger charge is -2.22. The number of anilines is 1. The first kappa shape index (κ1) is 22.4. The molecule has 30 heavy (non-hydrogen) atoms. The third kappa shape index (κ3) is 5.86. The highest BCUT2D eigenvalue weighted by atomic mass is 35.5. The van der Waals surface area contributed by atoms with Crippen LogP contribution in [0.25, 0.3) is 0 Å². The first-order chi connectivity index (χ1) is 14.4. The van der Waals surface area contributed by atoms with Crippen molar-refractivity contribution in [1.82, 2.24) is 4.31 Å². The maximum Gasteiger partial charge on any atom is 0.243 e. The standard InChI is InChI=1S/C22H21ClN2O3S2/c1-29-20-9-5-8-19(14-20)24-22(26)16-25(15-17-6-3-2-4-7-17)30(27,28)21-12-10-18(23)11-13-21/h2-14H,15-16H2,1H3,(H,24,26). The first-order valence-corrected chi connectivity index (χ1v) is 12.2. The summed E-state index contributed by atoms with van der Waals surface area (Å²) in [6.07, 6.45) is 1.95. The van der Waals surface area contributed by atoms with E-state index in [4.69, 9.17) is 11.6 Å². The third-order valence-corrected chi connectivity index (χ3v) is 7.11. The van der Waals surface area contributed by atoms with Gasteiger partial charge < -0.3 is 5.32 Å². The summed E-state index contributed by atoms with van der Waals surface area (Å²) in [7, 11) is -3.91. The average molecular weight is 461 g/mol. The fraction of sp³-hybridized carbons (Fsp3) is 0.136. The van der Waals surface area contributed by atoms with Crippen LogP contribution in [0.15, 0.2) is 88.7 Å². The molecule has 0 aliphatic rings. The van der Waals surface area contributed by atoms with Crippen LogP contribution in [0.1, 0.15) is 5.56 Å². The molecule has 0 saturated carbocycles. The molecule has 0 fully saturated rings. The fourth-order valence-electron chi connectivity index (χ4n) is 2.83. The van der Waals surface area contributed by atoms with Crippen LogP contribution in [0.5, 0.6) is 0 Å². The molecule has 1 N–H and O–H groups in total. The van der Waals surface area contributed by atoms with Gasteiger partial charge in [0.1, 0.15) is 0 Å². The normalized spacial score (nSPS) is 11.4. The van der Waals surface area contributed by atoms with Gasteiger partial charge in [-0.25, -0.2) is 8.42 Å². The van der Waals surface area contributed by atoms with Gasteiger partial charge in [0.25, 0.3) is 0 Å². The van der Waals surface area contributed by atoms with E-state index in [-0.39, 0.29) is 18.0 Å². The van der Waals surface area contributed by atoms with Crippen molar-refractivity contribution in [3.05, 3.63) is 89.4 Å². The molecule has 0 aromatic heterocycles. The van der Waals surface area contributed by atoms with E-state index in [0.717, 1.165) is 10.5 Å². The molecule has 8 heteroatoms. The smallest absolute Gasteiger partial charge is 0.243 e. The number of sulfonamides is 1.